The first-order valence-corrected chi connectivity index (χ1v) is 3.85. The molecule has 0 spiro atoms. The zero-order chi connectivity index (χ0) is 6.70. The van der Waals surface area contributed by atoms with Crippen LogP contribution in [0, 0.1) is 11.3 Å². The van der Waals surface area contributed by atoms with Gasteiger partial charge in [0.05, 0.1) is 0 Å². The van der Waals surface area contributed by atoms with E-state index in [1.54, 1.807) is 0 Å². The van der Waals surface area contributed by atoms with Crippen LogP contribution in [0.15, 0.2) is 0 Å². The molecule has 60 valence electrons. The number of hydrogen-bond donors (Lipinski definition) is 1. The van der Waals surface area contributed by atoms with E-state index in [0.717, 1.165) is 5.92 Å². The van der Waals surface area contributed by atoms with E-state index in [0.29, 0.717) is 11.0 Å². The molecule has 0 aromatic rings. The van der Waals surface area contributed by atoms with Crippen LogP contribution in [0.4, 0.5) is 0 Å². The van der Waals surface area contributed by atoms with Gasteiger partial charge in [0.15, 0.2) is 0 Å². The lowest BCUT2D eigenvalue weighted by atomic mass is 9.36. The highest BCUT2D eigenvalue weighted by atomic mass is 35.5. The quantitative estimate of drug-likeness (QED) is 0.625. The molecule has 0 atom stereocenters. The Morgan fingerprint density at radius 3 is 1.70 bits per heavy atom. The van der Waals surface area contributed by atoms with Gasteiger partial charge in [-0.15, -0.1) is 12.4 Å². The monoisotopic (exact) mass is 161 g/mol. The van der Waals surface area contributed by atoms with E-state index in [2.05, 4.69) is 13.8 Å². The minimum absolute atomic E-state index is 0. The Bertz CT molecular complexity index is 134. The Morgan fingerprint density at radius 1 is 1.20 bits per heavy atom. The van der Waals surface area contributed by atoms with Crippen LogP contribution in [-0.2, 0) is 0 Å². The summed E-state index contributed by atoms with van der Waals surface area (Å²) in [6.07, 6.45) is 3.91. The molecule has 3 saturated carbocycles. The summed E-state index contributed by atoms with van der Waals surface area (Å²) in [5, 5.41) is 0. The molecule has 0 aromatic carbocycles. The second-order valence-electron chi connectivity index (χ2n) is 4.41. The summed E-state index contributed by atoms with van der Waals surface area (Å²) >= 11 is 0. The number of rotatable bonds is 1. The van der Waals surface area contributed by atoms with Crippen molar-refractivity contribution in [2.75, 3.05) is 0 Å². The molecule has 0 heterocycles. The van der Waals surface area contributed by atoms with E-state index in [1.807, 2.05) is 0 Å². The molecule has 2 N–H and O–H groups in total. The van der Waals surface area contributed by atoms with Gasteiger partial charge in [-0.25, -0.2) is 0 Å². The summed E-state index contributed by atoms with van der Waals surface area (Å²) in [7, 11) is 0. The van der Waals surface area contributed by atoms with Crippen molar-refractivity contribution in [1.82, 2.24) is 0 Å². The number of halogens is 1. The molecule has 3 aliphatic rings. The van der Waals surface area contributed by atoms with Crippen LogP contribution in [0.3, 0.4) is 0 Å². The summed E-state index contributed by atoms with van der Waals surface area (Å²) in [4.78, 5) is 0. The van der Waals surface area contributed by atoms with Crippen LogP contribution in [0.1, 0.15) is 33.1 Å². The predicted octanol–water partition coefficient (Wildman–Crippen LogP) is 1.95. The van der Waals surface area contributed by atoms with Crippen molar-refractivity contribution in [3.8, 4) is 0 Å². The van der Waals surface area contributed by atoms with Gasteiger partial charge in [0.2, 0.25) is 0 Å². The summed E-state index contributed by atoms with van der Waals surface area (Å²) in [5.41, 5.74) is 6.92. The molecule has 0 saturated heterocycles. The lowest BCUT2D eigenvalue weighted by Crippen LogP contribution is -2.73. The molecular weight excluding hydrogens is 146 g/mol. The standard InChI is InChI=1S/C8H15N.ClH/c1-6(2)7-3-8(9,4-7)5-7;/h6H,3-5,9H2,1-2H3;1H. The Hall–Kier alpha value is 0.250. The first-order chi connectivity index (χ1) is 4.06. The van der Waals surface area contributed by atoms with E-state index in [1.165, 1.54) is 19.3 Å². The van der Waals surface area contributed by atoms with Crippen LogP contribution < -0.4 is 5.73 Å². The SMILES string of the molecule is CC(C)C12CC(N)(C1)C2.Cl. The van der Waals surface area contributed by atoms with Crippen molar-refractivity contribution in [2.24, 2.45) is 17.1 Å². The van der Waals surface area contributed by atoms with Crippen LogP contribution in [0.5, 0.6) is 0 Å². The van der Waals surface area contributed by atoms with Crippen molar-refractivity contribution in [1.29, 1.82) is 0 Å². The lowest BCUT2D eigenvalue weighted by molar-refractivity contribution is -0.162. The molecule has 0 unspecified atom stereocenters. The maximum absolute atomic E-state index is 5.91. The van der Waals surface area contributed by atoms with Gasteiger partial charge in [-0.2, -0.15) is 0 Å². The third kappa shape index (κ3) is 0.737. The zero-order valence-corrected chi connectivity index (χ0v) is 7.50. The highest BCUT2D eigenvalue weighted by Gasteiger charge is 2.66. The first-order valence-electron chi connectivity index (χ1n) is 3.85. The molecule has 3 rings (SSSR count). The fourth-order valence-corrected chi connectivity index (χ4v) is 2.56. The fourth-order valence-electron chi connectivity index (χ4n) is 2.56. The molecule has 1 nitrogen and oxygen atoms in total. The number of nitrogens with two attached hydrogens (primary N) is 1. The molecular formula is C8H16ClN. The molecule has 2 bridgehead atoms. The highest BCUT2D eigenvalue weighted by Crippen LogP contribution is 2.69. The lowest BCUT2D eigenvalue weighted by Gasteiger charge is -2.71. The van der Waals surface area contributed by atoms with E-state index < -0.39 is 0 Å². The molecule has 0 aromatic heterocycles. The Morgan fingerprint density at radius 2 is 1.60 bits per heavy atom. The Balaban J connectivity index is 0.000000500. The summed E-state index contributed by atoms with van der Waals surface area (Å²) in [6, 6.07) is 0. The molecule has 10 heavy (non-hydrogen) atoms. The van der Waals surface area contributed by atoms with Crippen LogP contribution >= 0.6 is 12.4 Å². The van der Waals surface area contributed by atoms with E-state index in [4.69, 9.17) is 5.73 Å². The predicted molar refractivity (Wildman–Crippen MR) is 45.3 cm³/mol. The average molecular weight is 162 g/mol. The van der Waals surface area contributed by atoms with Gasteiger partial charge >= 0.3 is 0 Å². The molecule has 0 aliphatic heterocycles. The third-order valence-corrected chi connectivity index (χ3v) is 3.34. The van der Waals surface area contributed by atoms with Gasteiger partial charge in [0.1, 0.15) is 0 Å². The minimum atomic E-state index is 0. The first kappa shape index (κ1) is 8.35. The van der Waals surface area contributed by atoms with Crippen molar-refractivity contribution in [3.05, 3.63) is 0 Å². The van der Waals surface area contributed by atoms with Crippen molar-refractivity contribution >= 4 is 12.4 Å². The van der Waals surface area contributed by atoms with Crippen LogP contribution in [-0.4, -0.2) is 5.54 Å². The molecule has 0 amide bonds. The van der Waals surface area contributed by atoms with E-state index >= 15 is 0 Å². The number of hydrogen-bond acceptors (Lipinski definition) is 1. The summed E-state index contributed by atoms with van der Waals surface area (Å²) in [6.45, 7) is 4.64. The van der Waals surface area contributed by atoms with Gasteiger partial charge in [-0.1, -0.05) is 13.8 Å². The Labute approximate surface area is 68.8 Å². The van der Waals surface area contributed by atoms with Gasteiger partial charge in [-0.3, -0.25) is 0 Å². The molecule has 0 radical (unpaired) electrons. The van der Waals surface area contributed by atoms with E-state index in [9.17, 15) is 0 Å². The maximum atomic E-state index is 5.91. The van der Waals surface area contributed by atoms with Gasteiger partial charge in [0, 0.05) is 5.54 Å². The highest BCUT2D eigenvalue weighted by molar-refractivity contribution is 5.85. The summed E-state index contributed by atoms with van der Waals surface area (Å²) < 4.78 is 0. The average Bonchev–Trinajstić information content (AvgIpc) is 1.54. The largest absolute Gasteiger partial charge is 0.325 e. The second-order valence-corrected chi connectivity index (χ2v) is 4.41. The summed E-state index contributed by atoms with van der Waals surface area (Å²) in [5.74, 6) is 0.864. The van der Waals surface area contributed by atoms with Gasteiger partial charge < -0.3 is 5.73 Å². The maximum Gasteiger partial charge on any atom is 0.0170 e. The topological polar surface area (TPSA) is 26.0 Å². The van der Waals surface area contributed by atoms with Crippen molar-refractivity contribution in [3.63, 3.8) is 0 Å². The molecule has 2 heteroatoms. The fraction of sp³-hybridized carbons (Fsp3) is 1.00. The minimum Gasteiger partial charge on any atom is -0.325 e. The molecule has 3 aliphatic carbocycles. The smallest absolute Gasteiger partial charge is 0.0170 e. The Kier molecular flexibility index (Phi) is 1.58. The van der Waals surface area contributed by atoms with Gasteiger partial charge in [-0.05, 0) is 30.6 Å². The van der Waals surface area contributed by atoms with Crippen molar-refractivity contribution in [2.45, 2.75) is 38.6 Å². The van der Waals surface area contributed by atoms with Crippen LogP contribution in [0.25, 0.3) is 0 Å². The zero-order valence-electron chi connectivity index (χ0n) is 6.68. The third-order valence-electron chi connectivity index (χ3n) is 3.34. The van der Waals surface area contributed by atoms with Crippen LogP contribution in [0.2, 0.25) is 0 Å². The van der Waals surface area contributed by atoms with E-state index in [-0.39, 0.29) is 12.4 Å². The van der Waals surface area contributed by atoms with Gasteiger partial charge in [0.25, 0.3) is 0 Å². The molecule has 3 fully saturated rings. The van der Waals surface area contributed by atoms with Crippen molar-refractivity contribution < 1.29 is 0 Å². The normalized spacial score (nSPS) is 49.2. The second kappa shape index (κ2) is 1.89.